The molecule has 0 unspecified atom stereocenters. The van der Waals surface area contributed by atoms with Gasteiger partial charge in [-0.15, -0.1) is 0 Å². The van der Waals surface area contributed by atoms with Gasteiger partial charge in [-0.2, -0.15) is 0 Å². The van der Waals surface area contributed by atoms with E-state index in [4.69, 9.17) is 4.74 Å². The summed E-state index contributed by atoms with van der Waals surface area (Å²) in [6, 6.07) is 23.9. The zero-order chi connectivity index (χ0) is 19.7. The van der Waals surface area contributed by atoms with E-state index in [2.05, 4.69) is 0 Å². The molecule has 4 rings (SSSR count). The number of rotatable bonds is 5. The summed E-state index contributed by atoms with van der Waals surface area (Å²) in [6.07, 6.45) is 0. The largest absolute Gasteiger partial charge is 0.487 e. The highest BCUT2D eigenvalue weighted by atomic mass is 32.2. The number of hydrogen-bond acceptors (Lipinski definition) is 3. The van der Waals surface area contributed by atoms with Crippen molar-refractivity contribution >= 4 is 20.9 Å². The molecule has 0 atom stereocenters. The summed E-state index contributed by atoms with van der Waals surface area (Å²) in [7, 11) is -3.74. The molecule has 0 aliphatic carbocycles. The van der Waals surface area contributed by atoms with E-state index < -0.39 is 10.0 Å². The Morgan fingerprint density at radius 1 is 0.821 bits per heavy atom. The van der Waals surface area contributed by atoms with Crippen molar-refractivity contribution in [2.45, 2.75) is 25.3 Å². The van der Waals surface area contributed by atoms with E-state index in [1.54, 1.807) is 24.3 Å². The minimum atomic E-state index is -3.74. The van der Waals surface area contributed by atoms with Crippen LogP contribution in [0.1, 0.15) is 16.8 Å². The van der Waals surface area contributed by atoms with Gasteiger partial charge < -0.3 is 4.74 Å². The molecule has 0 aliphatic rings. The van der Waals surface area contributed by atoms with Crippen molar-refractivity contribution in [3.05, 3.63) is 95.7 Å². The van der Waals surface area contributed by atoms with Crippen LogP contribution in [-0.2, 0) is 16.6 Å². The molecule has 0 amide bonds. The van der Waals surface area contributed by atoms with Gasteiger partial charge in [-0.05, 0) is 50.2 Å². The molecule has 1 heterocycles. The van der Waals surface area contributed by atoms with E-state index in [0.29, 0.717) is 17.0 Å². The third-order valence-electron chi connectivity index (χ3n) is 4.71. The molecule has 0 aliphatic heterocycles. The molecular formula is C23H21NO3S. The number of nitrogens with zero attached hydrogens (tertiary/aromatic N) is 1. The fraction of sp³-hybridized carbons (Fsp3) is 0.130. The number of ether oxygens (including phenoxy) is 1. The Morgan fingerprint density at radius 3 is 2.11 bits per heavy atom. The topological polar surface area (TPSA) is 48.3 Å². The zero-order valence-electron chi connectivity index (χ0n) is 15.8. The Hall–Kier alpha value is -3.05. The van der Waals surface area contributed by atoms with E-state index in [-0.39, 0.29) is 11.5 Å². The molecule has 0 radical (unpaired) electrons. The van der Waals surface area contributed by atoms with Crippen molar-refractivity contribution < 1.29 is 13.2 Å². The van der Waals surface area contributed by atoms with Gasteiger partial charge >= 0.3 is 0 Å². The number of aryl methyl sites for hydroxylation is 2. The van der Waals surface area contributed by atoms with Crippen LogP contribution in [0.5, 0.6) is 5.75 Å². The Kier molecular flexibility index (Phi) is 4.69. The van der Waals surface area contributed by atoms with Gasteiger partial charge in [0.1, 0.15) is 12.4 Å². The van der Waals surface area contributed by atoms with Crippen LogP contribution in [0.3, 0.4) is 0 Å². The second kappa shape index (κ2) is 7.17. The van der Waals surface area contributed by atoms with Crippen LogP contribution >= 0.6 is 0 Å². The third-order valence-corrected chi connectivity index (χ3v) is 6.49. The predicted molar refractivity (Wildman–Crippen MR) is 111 cm³/mol. The van der Waals surface area contributed by atoms with Crippen molar-refractivity contribution in [1.29, 1.82) is 0 Å². The highest BCUT2D eigenvalue weighted by Crippen LogP contribution is 2.27. The van der Waals surface area contributed by atoms with Crippen LogP contribution in [0.4, 0.5) is 0 Å². The summed E-state index contributed by atoms with van der Waals surface area (Å²) >= 11 is 0. The van der Waals surface area contributed by atoms with Crippen LogP contribution < -0.4 is 4.74 Å². The number of aromatic nitrogens is 1. The molecule has 0 saturated carbocycles. The molecule has 0 spiro atoms. The summed E-state index contributed by atoms with van der Waals surface area (Å²) in [5.74, 6) is 0.704. The quantitative estimate of drug-likeness (QED) is 0.477. The van der Waals surface area contributed by atoms with Crippen LogP contribution in [0.25, 0.3) is 10.9 Å². The van der Waals surface area contributed by atoms with Crippen LogP contribution in [0, 0.1) is 13.8 Å². The van der Waals surface area contributed by atoms with Crippen molar-refractivity contribution in [2.75, 3.05) is 0 Å². The second-order valence-corrected chi connectivity index (χ2v) is 8.67. The van der Waals surface area contributed by atoms with Gasteiger partial charge in [-0.25, -0.2) is 12.4 Å². The molecule has 0 saturated heterocycles. The number of para-hydroxylation sites is 1. The van der Waals surface area contributed by atoms with E-state index in [1.807, 2.05) is 68.4 Å². The fourth-order valence-corrected chi connectivity index (χ4v) is 4.71. The maximum Gasteiger partial charge on any atom is 0.268 e. The summed E-state index contributed by atoms with van der Waals surface area (Å²) in [4.78, 5) is 0.260. The van der Waals surface area contributed by atoms with Crippen LogP contribution in [0.2, 0.25) is 0 Å². The lowest BCUT2D eigenvalue weighted by molar-refractivity contribution is 0.300. The standard InChI is InChI=1S/C23H21NO3S/c1-17-7-11-21(12-8-17)27-16-20-15-19-5-3-4-6-23(19)24(20)28(25,26)22-13-9-18(2)10-14-22/h3-15H,16H2,1-2H3. The monoisotopic (exact) mass is 391 g/mol. The first-order chi connectivity index (χ1) is 13.4. The van der Waals surface area contributed by atoms with Gasteiger partial charge in [-0.3, -0.25) is 0 Å². The van der Waals surface area contributed by atoms with Crippen LogP contribution in [-0.4, -0.2) is 12.4 Å². The summed E-state index contributed by atoms with van der Waals surface area (Å²) < 4.78 is 34.1. The second-order valence-electron chi connectivity index (χ2n) is 6.88. The van der Waals surface area contributed by atoms with Crippen LogP contribution in [0.15, 0.2) is 83.8 Å². The molecule has 0 fully saturated rings. The summed E-state index contributed by atoms with van der Waals surface area (Å²) in [5, 5.41) is 0.862. The predicted octanol–water partition coefficient (Wildman–Crippen LogP) is 5.07. The van der Waals surface area contributed by atoms with Gasteiger partial charge in [0.05, 0.1) is 16.1 Å². The molecule has 0 N–H and O–H groups in total. The minimum Gasteiger partial charge on any atom is -0.487 e. The highest BCUT2D eigenvalue weighted by molar-refractivity contribution is 7.90. The fourth-order valence-electron chi connectivity index (χ4n) is 3.18. The molecule has 0 bridgehead atoms. The lowest BCUT2D eigenvalue weighted by Gasteiger charge is -2.13. The molecular weight excluding hydrogens is 370 g/mol. The van der Waals surface area contributed by atoms with E-state index >= 15 is 0 Å². The van der Waals surface area contributed by atoms with E-state index in [9.17, 15) is 8.42 Å². The Labute approximate surface area is 165 Å². The van der Waals surface area contributed by atoms with Gasteiger partial charge in [-0.1, -0.05) is 53.6 Å². The molecule has 142 valence electrons. The molecule has 4 nitrogen and oxygen atoms in total. The first-order valence-corrected chi connectivity index (χ1v) is 10.5. The maximum atomic E-state index is 13.4. The first kappa shape index (κ1) is 18.3. The number of hydrogen-bond donors (Lipinski definition) is 0. The molecule has 4 aromatic rings. The molecule has 5 heteroatoms. The summed E-state index contributed by atoms with van der Waals surface area (Å²) in [5.41, 5.74) is 3.38. The van der Waals surface area contributed by atoms with Crippen molar-refractivity contribution in [2.24, 2.45) is 0 Å². The SMILES string of the molecule is Cc1ccc(OCc2cc3ccccc3n2S(=O)(=O)c2ccc(C)cc2)cc1. The lowest BCUT2D eigenvalue weighted by atomic mass is 10.2. The average Bonchev–Trinajstić information content (AvgIpc) is 3.07. The highest BCUT2D eigenvalue weighted by Gasteiger charge is 2.23. The van der Waals surface area contributed by atoms with Crippen molar-refractivity contribution in [1.82, 2.24) is 3.97 Å². The maximum absolute atomic E-state index is 13.4. The van der Waals surface area contributed by atoms with Gasteiger partial charge in [0, 0.05) is 5.39 Å². The normalized spacial score (nSPS) is 11.6. The zero-order valence-corrected chi connectivity index (χ0v) is 16.6. The third kappa shape index (κ3) is 3.41. The van der Waals surface area contributed by atoms with Gasteiger partial charge in [0.15, 0.2) is 0 Å². The molecule has 3 aromatic carbocycles. The Balaban J connectivity index is 1.79. The van der Waals surface area contributed by atoms with Gasteiger partial charge in [0.2, 0.25) is 0 Å². The van der Waals surface area contributed by atoms with E-state index in [0.717, 1.165) is 16.5 Å². The lowest BCUT2D eigenvalue weighted by Crippen LogP contribution is -2.16. The van der Waals surface area contributed by atoms with Gasteiger partial charge in [0.25, 0.3) is 10.0 Å². The average molecular weight is 391 g/mol. The number of fused-ring (bicyclic) bond motifs is 1. The smallest absolute Gasteiger partial charge is 0.268 e. The Morgan fingerprint density at radius 2 is 1.43 bits per heavy atom. The minimum absolute atomic E-state index is 0.156. The molecule has 1 aromatic heterocycles. The van der Waals surface area contributed by atoms with E-state index in [1.165, 1.54) is 3.97 Å². The number of benzene rings is 3. The first-order valence-electron chi connectivity index (χ1n) is 9.06. The van der Waals surface area contributed by atoms with Crippen molar-refractivity contribution in [3.63, 3.8) is 0 Å². The molecule has 28 heavy (non-hydrogen) atoms. The van der Waals surface area contributed by atoms with Crippen molar-refractivity contribution in [3.8, 4) is 5.75 Å². The summed E-state index contributed by atoms with van der Waals surface area (Å²) in [6.45, 7) is 4.10. The Bertz CT molecular complexity index is 1220.